The average Bonchev–Trinajstić information content (AvgIpc) is 3.58. The van der Waals surface area contributed by atoms with E-state index >= 15 is 0 Å². The number of hydrogen-bond acceptors (Lipinski definition) is 9. The van der Waals surface area contributed by atoms with Crippen LogP contribution in [0.4, 0.5) is 5.82 Å². The second-order valence-electron chi connectivity index (χ2n) is 14.0. The molecule has 2 aromatic carbocycles. The number of nitrogen functional groups attached to an aromatic ring is 1. The number of imidazole rings is 1. The number of aryl methyl sites for hydroxylation is 2. The fraction of sp³-hybridized carbons (Fsp3) is 0.465. The van der Waals surface area contributed by atoms with Crippen molar-refractivity contribution in [1.82, 2.24) is 35.0 Å². The molecule has 0 aliphatic carbocycles. The molecule has 13 heteroatoms. The molecule has 0 saturated carbocycles. The lowest BCUT2D eigenvalue weighted by molar-refractivity contribution is -0.135. The number of nitrogens with zero attached hydrogens (tertiary/aromatic N) is 5. The summed E-state index contributed by atoms with van der Waals surface area (Å²) in [6, 6.07) is 23.9. The summed E-state index contributed by atoms with van der Waals surface area (Å²) in [5.41, 5.74) is 11.2. The number of nitrogens with two attached hydrogens (primary N) is 1. The van der Waals surface area contributed by atoms with E-state index in [1.807, 2.05) is 78.6 Å². The van der Waals surface area contributed by atoms with Crippen molar-refractivity contribution >= 4 is 45.5 Å². The fourth-order valence-electron chi connectivity index (χ4n) is 6.70. The van der Waals surface area contributed by atoms with Crippen molar-refractivity contribution in [2.75, 3.05) is 71.4 Å². The summed E-state index contributed by atoms with van der Waals surface area (Å²) in [6.07, 6.45) is 3.59. The number of nitrogens with one attached hydrogen (secondary N) is 2. The zero-order valence-electron chi connectivity index (χ0n) is 33.0. The van der Waals surface area contributed by atoms with Gasteiger partial charge < -0.3 is 35.3 Å². The van der Waals surface area contributed by atoms with Crippen LogP contribution in [0.15, 0.2) is 72.8 Å². The minimum atomic E-state index is -0.172. The van der Waals surface area contributed by atoms with E-state index in [-0.39, 0.29) is 37.0 Å². The molecule has 1 aliphatic rings. The number of amides is 3. The van der Waals surface area contributed by atoms with Crippen LogP contribution in [0.2, 0.25) is 0 Å². The Morgan fingerprint density at radius 2 is 1.46 bits per heavy atom. The minimum absolute atomic E-state index is 0.000633. The second-order valence-corrected chi connectivity index (χ2v) is 14.0. The summed E-state index contributed by atoms with van der Waals surface area (Å²) < 4.78 is 13.4. The van der Waals surface area contributed by atoms with Crippen LogP contribution < -0.4 is 16.4 Å². The number of benzene rings is 1. The van der Waals surface area contributed by atoms with Crippen LogP contribution in [-0.4, -0.2) is 108 Å². The molecule has 3 amide bonds. The Morgan fingerprint density at radius 1 is 0.768 bits per heavy atom. The van der Waals surface area contributed by atoms with Crippen molar-refractivity contribution in [2.45, 2.75) is 65.5 Å². The molecule has 56 heavy (non-hydrogen) atoms. The first-order valence-corrected chi connectivity index (χ1v) is 19.9. The third kappa shape index (κ3) is 12.7. The number of hydrogen-bond donors (Lipinski definition) is 3. The second kappa shape index (κ2) is 22.4. The molecule has 1 saturated heterocycles. The normalized spacial score (nSPS) is 13.1. The lowest BCUT2D eigenvalue weighted by Gasteiger charge is -2.35. The van der Waals surface area contributed by atoms with E-state index in [1.165, 1.54) is 0 Å². The molecule has 0 unspecified atom stereocenters. The van der Waals surface area contributed by atoms with E-state index < -0.39 is 0 Å². The highest BCUT2D eigenvalue weighted by molar-refractivity contribution is 6.06. The van der Waals surface area contributed by atoms with Crippen molar-refractivity contribution in [3.63, 3.8) is 0 Å². The van der Waals surface area contributed by atoms with Gasteiger partial charge in [-0.25, -0.2) is 9.97 Å². The molecule has 1 fully saturated rings. The van der Waals surface area contributed by atoms with E-state index in [1.54, 1.807) is 0 Å². The summed E-state index contributed by atoms with van der Waals surface area (Å²) in [6.45, 7) is 10.8. The van der Waals surface area contributed by atoms with Gasteiger partial charge in [-0.3, -0.25) is 19.3 Å². The van der Waals surface area contributed by atoms with Crippen LogP contribution in [0.5, 0.6) is 0 Å². The number of rotatable bonds is 20. The van der Waals surface area contributed by atoms with Crippen molar-refractivity contribution in [3.05, 3.63) is 89.7 Å². The molecule has 300 valence electrons. The van der Waals surface area contributed by atoms with E-state index in [2.05, 4.69) is 38.1 Å². The first-order chi connectivity index (χ1) is 27.3. The van der Waals surface area contributed by atoms with E-state index in [4.69, 9.17) is 20.2 Å². The van der Waals surface area contributed by atoms with Gasteiger partial charge in [-0.2, -0.15) is 0 Å². The van der Waals surface area contributed by atoms with Crippen LogP contribution in [0, 0.1) is 6.92 Å². The number of carbonyl (C=O) groups is 3. The van der Waals surface area contributed by atoms with Gasteiger partial charge in [-0.1, -0.05) is 80.1 Å². The molecule has 4 aromatic rings. The number of unbranched alkanes of at least 4 members (excludes halogenated alkanes) is 1. The average molecular weight is 767 g/mol. The Morgan fingerprint density at radius 3 is 2.25 bits per heavy atom. The van der Waals surface area contributed by atoms with Crippen molar-refractivity contribution in [2.24, 2.45) is 0 Å². The maximum Gasteiger partial charge on any atom is 0.223 e. The number of fused-ring (bicyclic) bond motifs is 3. The summed E-state index contributed by atoms with van der Waals surface area (Å²) in [4.78, 5) is 51.4. The highest BCUT2D eigenvalue weighted by atomic mass is 16.5. The third-order valence-corrected chi connectivity index (χ3v) is 9.97. The first kappa shape index (κ1) is 42.0. The maximum absolute atomic E-state index is 12.9. The zero-order valence-corrected chi connectivity index (χ0v) is 33.0. The van der Waals surface area contributed by atoms with Crippen molar-refractivity contribution in [3.8, 4) is 0 Å². The SMILES string of the molecule is CCCCc1nc2c(N)nc3ccccc3c2n1CCN1CCN(C(=O)CCC(=O)NCCOCCOCCC(=O)NCc2ccccccccc2C)CC1. The Labute approximate surface area is 330 Å². The van der Waals surface area contributed by atoms with Gasteiger partial charge in [0, 0.05) is 83.4 Å². The Bertz CT molecular complexity index is 1960. The van der Waals surface area contributed by atoms with Crippen LogP contribution in [0.25, 0.3) is 21.9 Å². The number of carbonyl (C=O) groups excluding carboxylic acids is 3. The van der Waals surface area contributed by atoms with Gasteiger partial charge in [-0.15, -0.1) is 0 Å². The molecule has 0 spiro atoms. The number of anilines is 1. The quantitative estimate of drug-likeness (QED) is 0.108. The van der Waals surface area contributed by atoms with Crippen molar-refractivity contribution in [1.29, 1.82) is 0 Å². The summed E-state index contributed by atoms with van der Waals surface area (Å²) in [7, 11) is 0. The van der Waals surface area contributed by atoms with Crippen LogP contribution in [0.3, 0.4) is 0 Å². The van der Waals surface area contributed by atoms with Gasteiger partial charge in [0.15, 0.2) is 5.82 Å². The molecular weight excluding hydrogens is 709 g/mol. The van der Waals surface area contributed by atoms with E-state index in [9.17, 15) is 14.4 Å². The molecule has 5 rings (SSSR count). The number of pyridine rings is 1. The molecule has 3 heterocycles. The third-order valence-electron chi connectivity index (χ3n) is 9.97. The van der Waals surface area contributed by atoms with Gasteiger partial charge in [0.2, 0.25) is 17.7 Å². The highest BCUT2D eigenvalue weighted by Gasteiger charge is 2.23. The van der Waals surface area contributed by atoms with Crippen molar-refractivity contribution < 1.29 is 23.9 Å². The first-order valence-electron chi connectivity index (χ1n) is 19.9. The number of para-hydroxylation sites is 1. The lowest BCUT2D eigenvalue weighted by atomic mass is 10.1. The van der Waals surface area contributed by atoms with Crippen LogP contribution >= 0.6 is 0 Å². The maximum atomic E-state index is 12.9. The predicted molar refractivity (Wildman–Crippen MR) is 220 cm³/mol. The number of aromatic nitrogens is 3. The fourth-order valence-corrected chi connectivity index (χ4v) is 6.70. The van der Waals surface area contributed by atoms with Gasteiger partial charge in [0.25, 0.3) is 0 Å². The summed E-state index contributed by atoms with van der Waals surface area (Å²) >= 11 is 0. The monoisotopic (exact) mass is 766 g/mol. The molecule has 0 bridgehead atoms. The Kier molecular flexibility index (Phi) is 16.9. The van der Waals surface area contributed by atoms with Crippen LogP contribution in [-0.2, 0) is 43.4 Å². The Balaban J connectivity index is 0.917. The van der Waals surface area contributed by atoms with Crippen LogP contribution in [0.1, 0.15) is 56.0 Å². The van der Waals surface area contributed by atoms with Gasteiger partial charge in [0.1, 0.15) is 11.3 Å². The molecule has 2 aromatic heterocycles. The molecule has 1 aliphatic heterocycles. The molecular formula is C43H58N8O5. The molecule has 0 atom stereocenters. The topological polar surface area (TPSA) is 157 Å². The number of piperazine rings is 1. The van der Waals surface area contributed by atoms with Gasteiger partial charge >= 0.3 is 0 Å². The smallest absolute Gasteiger partial charge is 0.223 e. The summed E-state index contributed by atoms with van der Waals surface area (Å²) in [5, 5.41) is 6.83. The minimum Gasteiger partial charge on any atom is -0.382 e. The predicted octanol–water partition coefficient (Wildman–Crippen LogP) is 4.72. The van der Waals surface area contributed by atoms with Gasteiger partial charge in [0.05, 0.1) is 37.5 Å². The summed E-state index contributed by atoms with van der Waals surface area (Å²) in [5.74, 6) is 1.25. The van der Waals surface area contributed by atoms with Gasteiger partial charge in [-0.05, 0) is 30.5 Å². The lowest BCUT2D eigenvalue weighted by Crippen LogP contribution is -2.49. The standard InChI is InChI=1S/C43H58N8O5/c1-3-4-17-37-48-41-42(35-15-11-12-16-36(35)47-43(41)44)51(37)27-24-49-22-25-50(26-23-49)40(54)19-18-38(52)45-21-29-56-31-30-55-28-20-39(53)46-32-34-14-10-8-6-5-7-9-13-33(34)2/h5-16H,3-4,17-32H2,1-2H3,(H2,44,47)(H,45,52)(H,46,53). The zero-order chi connectivity index (χ0) is 39.5. The molecule has 4 N–H and O–H groups in total. The largest absolute Gasteiger partial charge is 0.382 e. The van der Waals surface area contributed by atoms with E-state index in [0.29, 0.717) is 58.4 Å². The molecule has 13 nitrogen and oxygen atoms in total. The van der Waals surface area contributed by atoms with E-state index in [0.717, 1.165) is 84.3 Å². The molecule has 0 radical (unpaired) electrons. The highest BCUT2D eigenvalue weighted by Crippen LogP contribution is 2.29. The number of ether oxygens (including phenoxy) is 2. The Hall–Kier alpha value is -5.11.